The van der Waals surface area contributed by atoms with Gasteiger partial charge in [-0.25, -0.2) is 9.80 Å². The minimum absolute atomic E-state index is 0.0674. The predicted molar refractivity (Wildman–Crippen MR) is 93.6 cm³/mol. The van der Waals surface area contributed by atoms with Gasteiger partial charge < -0.3 is 4.74 Å². The Hall–Kier alpha value is -3.03. The molecular formula is C19H19F3N2O3. The zero-order valence-corrected chi connectivity index (χ0v) is 14.9. The van der Waals surface area contributed by atoms with Crippen LogP contribution in [0.3, 0.4) is 0 Å². The van der Waals surface area contributed by atoms with Crippen LogP contribution in [0.1, 0.15) is 24.5 Å². The molecule has 0 saturated heterocycles. The number of hydrogen-bond acceptors (Lipinski definition) is 3. The molecule has 0 atom stereocenters. The minimum Gasteiger partial charge on any atom is -0.443 e. The molecule has 2 rings (SSSR count). The summed E-state index contributed by atoms with van der Waals surface area (Å²) in [6, 6.07) is 13.0. The van der Waals surface area contributed by atoms with Gasteiger partial charge in [0.05, 0.1) is 11.3 Å². The largest absolute Gasteiger partial charge is 0.443 e. The number of benzene rings is 2. The number of amides is 2. The van der Waals surface area contributed by atoms with E-state index in [1.807, 2.05) is 0 Å². The number of rotatable bonds is 4. The van der Waals surface area contributed by atoms with E-state index in [1.165, 1.54) is 19.2 Å². The minimum atomic E-state index is -4.58. The number of nitrogens with zero attached hydrogens (tertiary/aromatic N) is 2. The number of alkyl halides is 3. The highest BCUT2D eigenvalue weighted by atomic mass is 19.4. The van der Waals surface area contributed by atoms with E-state index in [0.717, 1.165) is 22.2 Å². The smallest absolute Gasteiger partial charge is 0.434 e. The first-order valence-electron chi connectivity index (χ1n) is 8.18. The summed E-state index contributed by atoms with van der Waals surface area (Å²) in [4.78, 5) is 24.6. The second-order valence-electron chi connectivity index (χ2n) is 5.67. The molecule has 0 N–H and O–H groups in total. The van der Waals surface area contributed by atoms with Crippen LogP contribution in [-0.4, -0.2) is 24.1 Å². The molecule has 8 heteroatoms. The molecule has 0 spiro atoms. The molecule has 0 aromatic heterocycles. The number of hydrogen-bond donors (Lipinski definition) is 0. The number of hydrazine groups is 1. The quantitative estimate of drug-likeness (QED) is 0.727. The first-order valence-corrected chi connectivity index (χ1v) is 8.18. The van der Waals surface area contributed by atoms with E-state index in [4.69, 9.17) is 4.74 Å². The van der Waals surface area contributed by atoms with Crippen LogP contribution in [0.15, 0.2) is 54.6 Å². The van der Waals surface area contributed by atoms with Gasteiger partial charge in [0, 0.05) is 13.5 Å². The summed E-state index contributed by atoms with van der Waals surface area (Å²) in [5.41, 5.74) is -0.343. The van der Waals surface area contributed by atoms with Gasteiger partial charge in [0.15, 0.2) is 0 Å². The number of anilines is 1. The van der Waals surface area contributed by atoms with Crippen LogP contribution < -0.4 is 5.01 Å². The van der Waals surface area contributed by atoms with Gasteiger partial charge in [-0.3, -0.25) is 4.79 Å². The van der Waals surface area contributed by atoms with Crippen molar-refractivity contribution in [2.24, 2.45) is 0 Å². The molecule has 0 aliphatic carbocycles. The van der Waals surface area contributed by atoms with Crippen LogP contribution in [0.2, 0.25) is 0 Å². The normalized spacial score (nSPS) is 11.0. The Morgan fingerprint density at radius 3 is 2.30 bits per heavy atom. The molecule has 0 aliphatic rings. The maximum absolute atomic E-state index is 13.0. The highest BCUT2D eigenvalue weighted by molar-refractivity contribution is 5.92. The highest BCUT2D eigenvalue weighted by Crippen LogP contribution is 2.32. The molecule has 144 valence electrons. The third kappa shape index (κ3) is 5.22. The van der Waals surface area contributed by atoms with Gasteiger partial charge in [0.2, 0.25) is 5.91 Å². The lowest BCUT2D eigenvalue weighted by Gasteiger charge is -2.31. The molecule has 0 bridgehead atoms. The molecule has 5 nitrogen and oxygen atoms in total. The fourth-order valence-corrected chi connectivity index (χ4v) is 2.34. The molecule has 27 heavy (non-hydrogen) atoms. The third-order valence-corrected chi connectivity index (χ3v) is 3.76. The molecule has 0 unspecified atom stereocenters. The van der Waals surface area contributed by atoms with Gasteiger partial charge in [0.1, 0.15) is 6.61 Å². The summed E-state index contributed by atoms with van der Waals surface area (Å²) in [7, 11) is 1.30. The summed E-state index contributed by atoms with van der Waals surface area (Å²) in [5.74, 6) is -0.455. The van der Waals surface area contributed by atoms with Crippen LogP contribution in [0.25, 0.3) is 0 Å². The fraction of sp³-hybridized carbons (Fsp3) is 0.263. The van der Waals surface area contributed by atoms with Crippen LogP contribution >= 0.6 is 0 Å². The molecule has 0 radical (unpaired) electrons. The summed E-state index contributed by atoms with van der Waals surface area (Å²) >= 11 is 0. The van der Waals surface area contributed by atoms with Crippen molar-refractivity contribution in [1.29, 1.82) is 0 Å². The van der Waals surface area contributed by atoms with Crippen LogP contribution in [-0.2, 0) is 22.3 Å². The van der Waals surface area contributed by atoms with Gasteiger partial charge >= 0.3 is 12.3 Å². The first kappa shape index (κ1) is 20.3. The van der Waals surface area contributed by atoms with E-state index in [-0.39, 0.29) is 18.7 Å². The monoisotopic (exact) mass is 380 g/mol. The van der Waals surface area contributed by atoms with E-state index in [9.17, 15) is 22.8 Å². The summed E-state index contributed by atoms with van der Waals surface area (Å²) in [6.07, 6.45) is -5.47. The standard InChI is InChI=1S/C19H19F3N2O3/c1-3-17(25)23(2)24(16-11-7-10-15(12-16)19(20,21)22)18(26)27-13-14-8-5-4-6-9-14/h4-12H,3,13H2,1-2H3. The Kier molecular flexibility index (Phi) is 6.44. The SMILES string of the molecule is CCC(=O)N(C)N(C(=O)OCc1ccccc1)c1cccc(C(F)(F)F)c1. The highest BCUT2D eigenvalue weighted by Gasteiger charge is 2.32. The van der Waals surface area contributed by atoms with Crippen molar-refractivity contribution >= 4 is 17.7 Å². The van der Waals surface area contributed by atoms with Crippen LogP contribution in [0.5, 0.6) is 0 Å². The average molecular weight is 380 g/mol. The van der Waals surface area contributed by atoms with Crippen molar-refractivity contribution in [3.8, 4) is 0 Å². The van der Waals surface area contributed by atoms with Crippen LogP contribution in [0.4, 0.5) is 23.7 Å². The lowest BCUT2D eigenvalue weighted by Crippen LogP contribution is -2.48. The van der Waals surface area contributed by atoms with Crippen molar-refractivity contribution in [3.63, 3.8) is 0 Å². The number of carbonyl (C=O) groups excluding carboxylic acids is 2. The molecule has 2 aromatic rings. The number of ether oxygens (including phenoxy) is 1. The molecular weight excluding hydrogens is 361 g/mol. The summed E-state index contributed by atoms with van der Waals surface area (Å²) < 4.78 is 44.2. The lowest BCUT2D eigenvalue weighted by atomic mass is 10.2. The van der Waals surface area contributed by atoms with E-state index in [0.29, 0.717) is 5.56 Å². The second-order valence-corrected chi connectivity index (χ2v) is 5.67. The topological polar surface area (TPSA) is 49.9 Å². The Balaban J connectivity index is 2.31. The van der Waals surface area contributed by atoms with Gasteiger partial charge in [-0.15, -0.1) is 0 Å². The Morgan fingerprint density at radius 2 is 1.70 bits per heavy atom. The summed E-state index contributed by atoms with van der Waals surface area (Å²) in [6.45, 7) is 1.50. The predicted octanol–water partition coefficient (Wildman–Crippen LogP) is 4.63. The Bertz CT molecular complexity index is 794. The number of carbonyl (C=O) groups is 2. The van der Waals surface area contributed by atoms with Crippen molar-refractivity contribution < 1.29 is 27.5 Å². The van der Waals surface area contributed by atoms with Crippen LogP contribution in [0, 0.1) is 0 Å². The van der Waals surface area contributed by atoms with Gasteiger partial charge in [-0.1, -0.05) is 43.3 Å². The zero-order valence-electron chi connectivity index (χ0n) is 14.9. The van der Waals surface area contributed by atoms with Crippen molar-refractivity contribution in [2.75, 3.05) is 12.1 Å². The van der Waals surface area contributed by atoms with E-state index in [2.05, 4.69) is 0 Å². The average Bonchev–Trinajstić information content (AvgIpc) is 2.66. The van der Waals surface area contributed by atoms with E-state index in [1.54, 1.807) is 37.3 Å². The lowest BCUT2D eigenvalue weighted by molar-refractivity contribution is -0.137. The van der Waals surface area contributed by atoms with Crippen molar-refractivity contribution in [3.05, 3.63) is 65.7 Å². The molecule has 0 heterocycles. The van der Waals surface area contributed by atoms with Gasteiger partial charge in [-0.2, -0.15) is 18.2 Å². The maximum Gasteiger partial charge on any atom is 0.434 e. The molecule has 0 aliphatic heterocycles. The molecule has 2 amide bonds. The van der Waals surface area contributed by atoms with Crippen molar-refractivity contribution in [2.45, 2.75) is 26.1 Å². The Labute approximate surface area is 154 Å². The Morgan fingerprint density at radius 1 is 1.04 bits per heavy atom. The molecule has 2 aromatic carbocycles. The molecule has 0 saturated carbocycles. The zero-order chi connectivity index (χ0) is 20.0. The number of halogens is 3. The maximum atomic E-state index is 13.0. The second kappa shape index (κ2) is 8.57. The first-order chi connectivity index (χ1) is 12.7. The van der Waals surface area contributed by atoms with Gasteiger partial charge in [-0.05, 0) is 23.8 Å². The summed E-state index contributed by atoms with van der Waals surface area (Å²) in [5, 5.41) is 1.74. The molecule has 0 fully saturated rings. The van der Waals surface area contributed by atoms with Crippen molar-refractivity contribution in [1.82, 2.24) is 5.01 Å². The van der Waals surface area contributed by atoms with E-state index < -0.39 is 23.7 Å². The van der Waals surface area contributed by atoms with E-state index >= 15 is 0 Å². The third-order valence-electron chi connectivity index (χ3n) is 3.76. The van der Waals surface area contributed by atoms with Gasteiger partial charge in [0.25, 0.3) is 0 Å². The fourth-order valence-electron chi connectivity index (χ4n) is 2.34.